The molecule has 1 saturated carbocycles. The summed E-state index contributed by atoms with van der Waals surface area (Å²) in [5.74, 6) is 2.59. The van der Waals surface area contributed by atoms with E-state index in [-0.39, 0.29) is 0 Å². The normalized spacial score (nSPS) is 27.3. The van der Waals surface area contributed by atoms with Crippen LogP contribution in [0.2, 0.25) is 0 Å². The van der Waals surface area contributed by atoms with Crippen molar-refractivity contribution in [3.63, 3.8) is 0 Å². The van der Waals surface area contributed by atoms with Gasteiger partial charge in [-0.05, 0) is 25.0 Å². The van der Waals surface area contributed by atoms with Crippen molar-refractivity contribution in [2.75, 3.05) is 18.1 Å². The molecule has 1 aromatic heterocycles. The molecule has 0 spiro atoms. The van der Waals surface area contributed by atoms with Crippen LogP contribution in [0.5, 0.6) is 0 Å². The van der Waals surface area contributed by atoms with E-state index in [9.17, 15) is 5.11 Å². The zero-order chi connectivity index (χ0) is 14.7. The third kappa shape index (κ3) is 3.82. The Morgan fingerprint density at radius 2 is 2.24 bits per heavy atom. The first-order valence-corrected chi connectivity index (χ1v) is 9.35. The maximum absolute atomic E-state index is 10.4. The Hall–Kier alpha value is -0.520. The molecule has 2 fully saturated rings. The monoisotopic (exact) mass is 309 g/mol. The summed E-state index contributed by atoms with van der Waals surface area (Å²) in [6.07, 6.45) is 9.67. The Kier molecular flexibility index (Phi) is 4.92. The highest BCUT2D eigenvalue weighted by Crippen LogP contribution is 2.33. The Morgan fingerprint density at radius 3 is 2.95 bits per heavy atom. The summed E-state index contributed by atoms with van der Waals surface area (Å²) in [6, 6.07) is 0. The maximum Gasteiger partial charge on any atom is 0.0869 e. The lowest BCUT2D eigenvalue weighted by atomic mass is 9.85. The number of rotatable bonds is 5. The quantitative estimate of drug-likeness (QED) is 0.877. The molecule has 5 heteroatoms. The molecular formula is C16H27N3OS. The van der Waals surface area contributed by atoms with Gasteiger partial charge in [-0.3, -0.25) is 4.68 Å². The van der Waals surface area contributed by atoms with Gasteiger partial charge in [-0.1, -0.05) is 19.3 Å². The van der Waals surface area contributed by atoms with Gasteiger partial charge in [0.25, 0.3) is 0 Å². The van der Waals surface area contributed by atoms with Crippen molar-refractivity contribution < 1.29 is 5.11 Å². The van der Waals surface area contributed by atoms with E-state index in [4.69, 9.17) is 5.10 Å². The van der Waals surface area contributed by atoms with Crippen LogP contribution in [-0.4, -0.2) is 38.5 Å². The second-order valence-corrected chi connectivity index (χ2v) is 7.78. The lowest BCUT2D eigenvalue weighted by Gasteiger charge is -2.23. The molecule has 0 radical (unpaired) electrons. The molecule has 4 nitrogen and oxygen atoms in total. The number of aromatic nitrogens is 2. The van der Waals surface area contributed by atoms with Crippen LogP contribution in [0.3, 0.4) is 0 Å². The molecule has 2 N–H and O–H groups in total. The third-order valence-electron chi connectivity index (χ3n) is 4.78. The molecule has 0 unspecified atom stereocenters. The summed E-state index contributed by atoms with van der Waals surface area (Å²) < 4.78 is 1.95. The molecule has 3 rings (SSSR count). The predicted octanol–water partition coefficient (Wildman–Crippen LogP) is 2.43. The van der Waals surface area contributed by atoms with E-state index in [1.165, 1.54) is 43.4 Å². The lowest BCUT2D eigenvalue weighted by molar-refractivity contribution is 0.0674. The highest BCUT2D eigenvalue weighted by atomic mass is 32.2. The van der Waals surface area contributed by atoms with Gasteiger partial charge in [0, 0.05) is 43.6 Å². The van der Waals surface area contributed by atoms with Gasteiger partial charge in [0.1, 0.15) is 0 Å². The van der Waals surface area contributed by atoms with Crippen LogP contribution in [0.4, 0.5) is 0 Å². The molecule has 21 heavy (non-hydrogen) atoms. The molecule has 1 aromatic rings. The van der Waals surface area contributed by atoms with Crippen LogP contribution in [0, 0.1) is 0 Å². The number of nitrogens with one attached hydrogen (secondary N) is 1. The van der Waals surface area contributed by atoms with Crippen molar-refractivity contribution in [3.05, 3.63) is 17.5 Å². The first-order valence-electron chi connectivity index (χ1n) is 8.20. The smallest absolute Gasteiger partial charge is 0.0869 e. The molecule has 1 saturated heterocycles. The number of aliphatic hydroxyl groups is 1. The van der Waals surface area contributed by atoms with Crippen molar-refractivity contribution >= 4 is 11.8 Å². The van der Waals surface area contributed by atoms with E-state index in [1.54, 1.807) is 0 Å². The molecule has 1 atom stereocenters. The summed E-state index contributed by atoms with van der Waals surface area (Å²) in [5, 5.41) is 18.6. The number of hydrogen-bond donors (Lipinski definition) is 2. The van der Waals surface area contributed by atoms with Gasteiger partial charge in [0.15, 0.2) is 0 Å². The van der Waals surface area contributed by atoms with E-state index in [1.807, 2.05) is 23.5 Å². The molecule has 1 aliphatic heterocycles. The second kappa shape index (κ2) is 6.71. The van der Waals surface area contributed by atoms with Crippen LogP contribution >= 0.6 is 11.8 Å². The Bertz CT molecular complexity index is 462. The maximum atomic E-state index is 10.4. The summed E-state index contributed by atoms with van der Waals surface area (Å²) in [6.45, 7) is 1.52. The minimum absolute atomic E-state index is 0.502. The van der Waals surface area contributed by atoms with Crippen LogP contribution in [0.25, 0.3) is 0 Å². The topological polar surface area (TPSA) is 50.1 Å². The zero-order valence-electron chi connectivity index (χ0n) is 13.0. The molecular weight excluding hydrogens is 282 g/mol. The van der Waals surface area contributed by atoms with Gasteiger partial charge in [0.05, 0.1) is 11.3 Å². The fourth-order valence-corrected chi connectivity index (χ4v) is 4.87. The summed E-state index contributed by atoms with van der Waals surface area (Å²) in [4.78, 5) is 0. The fourth-order valence-electron chi connectivity index (χ4n) is 3.58. The molecule has 2 aliphatic rings. The molecule has 118 valence electrons. The average Bonchev–Trinajstić information content (AvgIpc) is 3.07. The van der Waals surface area contributed by atoms with E-state index >= 15 is 0 Å². The second-order valence-electron chi connectivity index (χ2n) is 6.68. The van der Waals surface area contributed by atoms with Crippen LogP contribution in [0.15, 0.2) is 6.20 Å². The fraction of sp³-hybridized carbons (Fsp3) is 0.812. The third-order valence-corrected chi connectivity index (χ3v) is 6.02. The summed E-state index contributed by atoms with van der Waals surface area (Å²) in [7, 11) is 2.01. The summed E-state index contributed by atoms with van der Waals surface area (Å²) in [5.41, 5.74) is 2.11. The van der Waals surface area contributed by atoms with Gasteiger partial charge in [-0.2, -0.15) is 16.9 Å². The highest BCUT2D eigenvalue weighted by Gasteiger charge is 2.31. The molecule has 0 aromatic carbocycles. The van der Waals surface area contributed by atoms with Crippen LogP contribution < -0.4 is 5.32 Å². The van der Waals surface area contributed by atoms with Crippen LogP contribution in [0.1, 0.15) is 55.7 Å². The Labute approximate surface area is 131 Å². The lowest BCUT2D eigenvalue weighted by Crippen LogP contribution is -2.40. The van der Waals surface area contributed by atoms with Gasteiger partial charge < -0.3 is 10.4 Å². The largest absolute Gasteiger partial charge is 0.388 e. The SMILES string of the molecule is Cn1cc(CNC[C@]2(O)CCSC2)c(C2CCCCC2)n1. The van der Waals surface area contributed by atoms with Gasteiger partial charge in [0.2, 0.25) is 0 Å². The molecule has 1 aliphatic carbocycles. The Morgan fingerprint density at radius 1 is 1.43 bits per heavy atom. The number of nitrogens with zero attached hydrogens (tertiary/aromatic N) is 2. The van der Waals surface area contributed by atoms with Crippen molar-refractivity contribution in [3.8, 4) is 0 Å². The van der Waals surface area contributed by atoms with E-state index in [0.717, 1.165) is 24.5 Å². The highest BCUT2D eigenvalue weighted by molar-refractivity contribution is 7.99. The van der Waals surface area contributed by atoms with Crippen molar-refractivity contribution in [1.82, 2.24) is 15.1 Å². The van der Waals surface area contributed by atoms with Crippen LogP contribution in [-0.2, 0) is 13.6 Å². The minimum atomic E-state index is -0.502. The van der Waals surface area contributed by atoms with Gasteiger partial charge >= 0.3 is 0 Å². The first kappa shape index (κ1) is 15.4. The van der Waals surface area contributed by atoms with Crippen molar-refractivity contribution in [1.29, 1.82) is 0 Å². The Balaban J connectivity index is 1.59. The summed E-state index contributed by atoms with van der Waals surface area (Å²) >= 11 is 1.85. The van der Waals surface area contributed by atoms with E-state index < -0.39 is 5.60 Å². The number of hydrogen-bond acceptors (Lipinski definition) is 4. The number of thioether (sulfide) groups is 1. The zero-order valence-corrected chi connectivity index (χ0v) is 13.8. The van der Waals surface area contributed by atoms with Gasteiger partial charge in [-0.25, -0.2) is 0 Å². The molecule has 0 bridgehead atoms. The van der Waals surface area contributed by atoms with E-state index in [0.29, 0.717) is 12.5 Å². The standard InChI is InChI=1S/C16H27N3OS/c1-19-10-14(9-17-11-16(20)7-8-21-12-16)15(18-19)13-5-3-2-4-6-13/h10,13,17,20H,2-9,11-12H2,1H3/t16-/m1/s1. The predicted molar refractivity (Wildman–Crippen MR) is 87.6 cm³/mol. The molecule has 2 heterocycles. The molecule has 0 amide bonds. The van der Waals surface area contributed by atoms with E-state index in [2.05, 4.69) is 11.5 Å². The first-order chi connectivity index (χ1) is 10.2. The van der Waals surface area contributed by atoms with Crippen molar-refractivity contribution in [2.45, 2.75) is 56.6 Å². The van der Waals surface area contributed by atoms with Gasteiger partial charge in [-0.15, -0.1) is 0 Å². The van der Waals surface area contributed by atoms with Crippen molar-refractivity contribution in [2.24, 2.45) is 7.05 Å². The minimum Gasteiger partial charge on any atom is -0.388 e. The average molecular weight is 309 g/mol. The number of aryl methyl sites for hydroxylation is 1.